The molecule has 2 aliphatic heterocycles. The Kier molecular flexibility index (Phi) is 4.42. The van der Waals surface area contributed by atoms with Gasteiger partial charge in [0.15, 0.2) is 5.96 Å². The van der Waals surface area contributed by atoms with Gasteiger partial charge in [0, 0.05) is 43.6 Å². The topological polar surface area (TPSA) is 63.2 Å². The van der Waals surface area contributed by atoms with E-state index in [4.69, 9.17) is 14.5 Å². The zero-order valence-electron chi connectivity index (χ0n) is 15.7. The van der Waals surface area contributed by atoms with Crippen molar-refractivity contribution in [1.29, 1.82) is 0 Å². The third-order valence-electron chi connectivity index (χ3n) is 7.04. The zero-order chi connectivity index (χ0) is 17.6. The molecule has 4 rings (SSSR count). The zero-order valence-corrected chi connectivity index (χ0v) is 15.7. The molecule has 0 bridgehead atoms. The van der Waals surface area contributed by atoms with E-state index in [0.29, 0.717) is 30.0 Å². The Morgan fingerprint density at radius 3 is 2.84 bits per heavy atom. The first-order valence-corrected chi connectivity index (χ1v) is 9.86. The number of carbonyl (C=O) groups is 1. The van der Waals surface area contributed by atoms with Crippen molar-refractivity contribution in [1.82, 2.24) is 10.2 Å². The van der Waals surface area contributed by atoms with Crippen LogP contribution in [0.4, 0.5) is 0 Å². The van der Waals surface area contributed by atoms with Crippen molar-refractivity contribution in [2.45, 2.75) is 51.7 Å². The average molecular weight is 349 g/mol. The highest BCUT2D eigenvalue weighted by molar-refractivity contribution is 5.83. The number of nitrogens with one attached hydrogen (secondary N) is 1. The Morgan fingerprint density at radius 2 is 2.20 bits per heavy atom. The predicted octanol–water partition coefficient (Wildman–Crippen LogP) is 1.65. The summed E-state index contributed by atoms with van der Waals surface area (Å²) in [5.41, 5.74) is 0.336. The maximum atomic E-state index is 12.0. The molecule has 2 heterocycles. The van der Waals surface area contributed by atoms with Crippen LogP contribution in [0.3, 0.4) is 0 Å². The number of ether oxygens (including phenoxy) is 2. The first-order chi connectivity index (χ1) is 12.1. The second-order valence-corrected chi connectivity index (χ2v) is 8.26. The molecule has 4 aliphatic rings. The molecular weight excluding hydrogens is 318 g/mol. The first kappa shape index (κ1) is 17.1. The molecule has 0 radical (unpaired) electrons. The van der Waals surface area contributed by atoms with Gasteiger partial charge in [-0.15, -0.1) is 0 Å². The van der Waals surface area contributed by atoms with Crippen LogP contribution in [0.1, 0.15) is 39.5 Å². The molecule has 0 aromatic heterocycles. The van der Waals surface area contributed by atoms with Crippen molar-refractivity contribution < 1.29 is 14.3 Å². The number of aliphatic imine (C=N–C) groups is 1. The maximum absolute atomic E-state index is 12.0. The van der Waals surface area contributed by atoms with E-state index in [9.17, 15) is 4.79 Å². The van der Waals surface area contributed by atoms with Crippen molar-refractivity contribution in [2.75, 3.05) is 33.4 Å². The lowest BCUT2D eigenvalue weighted by molar-refractivity contribution is -0.171. The summed E-state index contributed by atoms with van der Waals surface area (Å²) in [7, 11) is 1.48. The highest BCUT2D eigenvalue weighted by Gasteiger charge is 2.67. The van der Waals surface area contributed by atoms with Gasteiger partial charge in [-0.25, -0.2) is 0 Å². The molecule has 4 fully saturated rings. The van der Waals surface area contributed by atoms with Gasteiger partial charge in [-0.3, -0.25) is 9.79 Å². The minimum atomic E-state index is -0.103. The molecule has 5 atom stereocenters. The molecule has 1 spiro atoms. The minimum Gasteiger partial charge on any atom is -0.469 e. The van der Waals surface area contributed by atoms with Crippen LogP contribution < -0.4 is 5.32 Å². The smallest absolute Gasteiger partial charge is 0.310 e. The van der Waals surface area contributed by atoms with Crippen molar-refractivity contribution in [2.24, 2.45) is 28.2 Å². The number of rotatable bonds is 3. The maximum Gasteiger partial charge on any atom is 0.310 e. The number of hydrogen-bond acceptors (Lipinski definition) is 4. The second kappa shape index (κ2) is 6.45. The summed E-state index contributed by atoms with van der Waals surface area (Å²) in [6, 6.07) is 0.478. The Hall–Kier alpha value is -1.30. The van der Waals surface area contributed by atoms with Crippen LogP contribution in [0.2, 0.25) is 0 Å². The molecule has 1 N–H and O–H groups in total. The summed E-state index contributed by atoms with van der Waals surface area (Å²) in [6.45, 7) is 7.41. The van der Waals surface area contributed by atoms with Gasteiger partial charge in [-0.2, -0.15) is 0 Å². The van der Waals surface area contributed by atoms with Crippen LogP contribution in [0.5, 0.6) is 0 Å². The fourth-order valence-electron chi connectivity index (χ4n) is 5.58. The number of guanidine groups is 1. The van der Waals surface area contributed by atoms with Gasteiger partial charge >= 0.3 is 5.97 Å². The lowest BCUT2D eigenvalue weighted by Gasteiger charge is -2.63. The Balaban J connectivity index is 1.47. The summed E-state index contributed by atoms with van der Waals surface area (Å²) in [4.78, 5) is 19.0. The quantitative estimate of drug-likeness (QED) is 0.477. The number of hydrogen-bond donors (Lipinski definition) is 1. The molecule has 0 aromatic carbocycles. The van der Waals surface area contributed by atoms with Crippen molar-refractivity contribution >= 4 is 11.9 Å². The number of fused-ring (bicyclic) bond motifs is 2. The number of nitrogens with zero attached hydrogens (tertiary/aromatic N) is 2. The molecule has 25 heavy (non-hydrogen) atoms. The highest BCUT2D eigenvalue weighted by atomic mass is 16.5. The van der Waals surface area contributed by atoms with Gasteiger partial charge in [0.25, 0.3) is 0 Å². The molecule has 2 saturated carbocycles. The molecule has 2 aliphatic carbocycles. The van der Waals surface area contributed by atoms with Crippen molar-refractivity contribution in [3.05, 3.63) is 0 Å². The van der Waals surface area contributed by atoms with Crippen LogP contribution in [-0.4, -0.2) is 62.3 Å². The van der Waals surface area contributed by atoms with E-state index in [2.05, 4.69) is 24.1 Å². The van der Waals surface area contributed by atoms with E-state index in [1.807, 2.05) is 0 Å². The van der Waals surface area contributed by atoms with E-state index in [1.165, 1.54) is 26.4 Å². The van der Waals surface area contributed by atoms with Gasteiger partial charge in [0.1, 0.15) is 0 Å². The van der Waals surface area contributed by atoms with E-state index in [0.717, 1.165) is 32.1 Å². The number of esters is 1. The monoisotopic (exact) mass is 349 g/mol. The second-order valence-electron chi connectivity index (χ2n) is 8.26. The molecule has 6 nitrogen and oxygen atoms in total. The van der Waals surface area contributed by atoms with Crippen LogP contribution >= 0.6 is 0 Å². The van der Waals surface area contributed by atoms with E-state index in [-0.39, 0.29) is 17.8 Å². The lowest BCUT2D eigenvalue weighted by atomic mass is 9.46. The van der Waals surface area contributed by atoms with Gasteiger partial charge in [0.05, 0.1) is 19.1 Å². The summed E-state index contributed by atoms with van der Waals surface area (Å²) < 4.78 is 11.0. The molecule has 2 saturated heterocycles. The third-order valence-corrected chi connectivity index (χ3v) is 7.04. The fourth-order valence-corrected chi connectivity index (χ4v) is 5.58. The largest absolute Gasteiger partial charge is 0.469 e. The number of methoxy groups -OCH3 is 1. The normalized spacial score (nSPS) is 38.9. The molecule has 5 unspecified atom stereocenters. The highest BCUT2D eigenvalue weighted by Crippen LogP contribution is 2.62. The summed E-state index contributed by atoms with van der Waals surface area (Å²) >= 11 is 0. The average Bonchev–Trinajstić information content (AvgIpc) is 3.14. The molecule has 140 valence electrons. The van der Waals surface area contributed by atoms with Crippen LogP contribution in [0.15, 0.2) is 4.99 Å². The Bertz CT molecular complexity index is 560. The van der Waals surface area contributed by atoms with Gasteiger partial charge in [-0.1, -0.05) is 13.3 Å². The Morgan fingerprint density at radius 1 is 1.40 bits per heavy atom. The molecule has 6 heteroatoms. The third kappa shape index (κ3) is 2.56. The van der Waals surface area contributed by atoms with Crippen LogP contribution in [0.25, 0.3) is 0 Å². The molecule has 0 aromatic rings. The molecule has 0 amide bonds. The SMILES string of the molecule is CCN=C(NC1C2CCOC2C12CCC2)N1CC(C)C(C(=O)OC)C1. The molecular formula is C19H31N3O3. The minimum absolute atomic E-state index is 0.0597. The van der Waals surface area contributed by atoms with Crippen LogP contribution in [-0.2, 0) is 14.3 Å². The van der Waals surface area contributed by atoms with E-state index >= 15 is 0 Å². The van der Waals surface area contributed by atoms with E-state index < -0.39 is 0 Å². The van der Waals surface area contributed by atoms with Crippen molar-refractivity contribution in [3.8, 4) is 0 Å². The van der Waals surface area contributed by atoms with Gasteiger partial charge in [-0.05, 0) is 32.1 Å². The van der Waals surface area contributed by atoms with Gasteiger partial charge in [0.2, 0.25) is 0 Å². The first-order valence-electron chi connectivity index (χ1n) is 9.86. The Labute approximate surface area is 150 Å². The fraction of sp³-hybridized carbons (Fsp3) is 0.895. The number of carbonyl (C=O) groups excluding carboxylic acids is 1. The number of likely N-dealkylation sites (tertiary alicyclic amines) is 1. The lowest BCUT2D eigenvalue weighted by Crippen LogP contribution is -2.72. The predicted molar refractivity (Wildman–Crippen MR) is 95.3 cm³/mol. The summed E-state index contributed by atoms with van der Waals surface area (Å²) in [5, 5.41) is 3.80. The van der Waals surface area contributed by atoms with Gasteiger partial charge < -0.3 is 19.7 Å². The summed E-state index contributed by atoms with van der Waals surface area (Å²) in [6.07, 6.45) is 5.47. The summed E-state index contributed by atoms with van der Waals surface area (Å²) in [5.74, 6) is 1.73. The standard InChI is InChI=1S/C19H31N3O3/c1-4-20-18(22-10-12(2)14(11-22)17(23)24-3)21-15-13-6-9-25-16(13)19(15)7-5-8-19/h12-16H,4-11H2,1-3H3,(H,20,21). The van der Waals surface area contributed by atoms with Crippen molar-refractivity contribution in [3.63, 3.8) is 0 Å². The van der Waals surface area contributed by atoms with E-state index in [1.54, 1.807) is 0 Å². The van der Waals surface area contributed by atoms with Crippen LogP contribution in [0, 0.1) is 23.2 Å².